The van der Waals surface area contributed by atoms with Gasteiger partial charge in [-0.05, 0) is 36.1 Å². The van der Waals surface area contributed by atoms with Gasteiger partial charge in [-0.1, -0.05) is 49.7 Å². The molecule has 7 nitrogen and oxygen atoms in total. The first-order valence-corrected chi connectivity index (χ1v) is 11.4. The Morgan fingerprint density at radius 2 is 1.83 bits per heavy atom. The van der Waals surface area contributed by atoms with Crippen LogP contribution in [0, 0.1) is 0 Å². The molecule has 0 spiro atoms. The first-order valence-electron chi connectivity index (χ1n) is 9.74. The SMILES string of the molecule is CCCCS(=O)(=O)Nc1cc(C(O)CN[C@H](CO)Cc2ccccc2)ccc1O. The van der Waals surface area contributed by atoms with E-state index in [4.69, 9.17) is 0 Å². The fraction of sp³-hybridized carbons (Fsp3) is 0.429. The zero-order valence-corrected chi connectivity index (χ0v) is 17.4. The third kappa shape index (κ3) is 7.66. The van der Waals surface area contributed by atoms with E-state index in [1.54, 1.807) is 0 Å². The van der Waals surface area contributed by atoms with Crippen LogP contribution >= 0.6 is 0 Å². The van der Waals surface area contributed by atoms with E-state index >= 15 is 0 Å². The highest BCUT2D eigenvalue weighted by atomic mass is 32.2. The summed E-state index contributed by atoms with van der Waals surface area (Å²) >= 11 is 0. The van der Waals surface area contributed by atoms with Gasteiger partial charge in [0, 0.05) is 12.6 Å². The van der Waals surface area contributed by atoms with Gasteiger partial charge in [0.05, 0.1) is 24.2 Å². The second kappa shape index (κ2) is 11.2. The zero-order valence-electron chi connectivity index (χ0n) is 16.6. The molecule has 0 heterocycles. The maximum atomic E-state index is 12.1. The molecule has 0 aliphatic rings. The number of phenols is 1. The average Bonchev–Trinajstić information content (AvgIpc) is 2.71. The summed E-state index contributed by atoms with van der Waals surface area (Å²) in [7, 11) is -3.57. The summed E-state index contributed by atoms with van der Waals surface area (Å²) in [5.74, 6) is -0.235. The Hall–Kier alpha value is -2.13. The van der Waals surface area contributed by atoms with Crippen LogP contribution in [0.15, 0.2) is 48.5 Å². The second-order valence-electron chi connectivity index (χ2n) is 7.04. The summed E-state index contributed by atoms with van der Waals surface area (Å²) in [6, 6.07) is 13.8. The van der Waals surface area contributed by atoms with Gasteiger partial charge in [-0.3, -0.25) is 4.72 Å². The van der Waals surface area contributed by atoms with Crippen LogP contribution in [0.4, 0.5) is 5.69 Å². The fourth-order valence-electron chi connectivity index (χ4n) is 2.89. The molecule has 1 unspecified atom stereocenters. The number of phenolic OH excluding ortho intramolecular Hbond substituents is 1. The Labute approximate surface area is 172 Å². The fourth-order valence-corrected chi connectivity index (χ4v) is 4.16. The summed E-state index contributed by atoms with van der Waals surface area (Å²) < 4.78 is 26.6. The Morgan fingerprint density at radius 1 is 1.10 bits per heavy atom. The van der Waals surface area contributed by atoms with Crippen molar-refractivity contribution in [3.8, 4) is 5.75 Å². The number of nitrogens with one attached hydrogen (secondary N) is 2. The average molecular weight is 423 g/mol. The molecule has 2 aromatic carbocycles. The van der Waals surface area contributed by atoms with Crippen LogP contribution in [-0.4, -0.2) is 48.7 Å². The molecule has 0 saturated heterocycles. The summed E-state index contributed by atoms with van der Waals surface area (Å²) in [6.45, 7) is 1.99. The molecular formula is C21H30N2O5S. The number of benzene rings is 2. The second-order valence-corrected chi connectivity index (χ2v) is 8.89. The first-order chi connectivity index (χ1) is 13.8. The third-order valence-electron chi connectivity index (χ3n) is 4.58. The van der Waals surface area contributed by atoms with Gasteiger partial charge in [0.2, 0.25) is 10.0 Å². The number of hydrogen-bond acceptors (Lipinski definition) is 6. The van der Waals surface area contributed by atoms with Crippen molar-refractivity contribution < 1.29 is 23.7 Å². The van der Waals surface area contributed by atoms with Gasteiger partial charge < -0.3 is 20.6 Å². The normalized spacial score (nSPS) is 13.8. The lowest BCUT2D eigenvalue weighted by molar-refractivity contribution is 0.158. The lowest BCUT2D eigenvalue weighted by atomic mass is 10.0. The molecule has 2 atom stereocenters. The van der Waals surface area contributed by atoms with Crippen molar-refractivity contribution >= 4 is 15.7 Å². The van der Waals surface area contributed by atoms with Gasteiger partial charge in [0.25, 0.3) is 0 Å². The largest absolute Gasteiger partial charge is 0.506 e. The quantitative estimate of drug-likeness (QED) is 0.335. The van der Waals surface area contributed by atoms with E-state index in [0.29, 0.717) is 18.4 Å². The van der Waals surface area contributed by atoms with Crippen LogP contribution in [0.2, 0.25) is 0 Å². The maximum Gasteiger partial charge on any atom is 0.232 e. The molecule has 5 N–H and O–H groups in total. The van der Waals surface area contributed by atoms with Gasteiger partial charge in [0.15, 0.2) is 0 Å². The number of anilines is 1. The molecule has 160 valence electrons. The lowest BCUT2D eigenvalue weighted by Crippen LogP contribution is -2.37. The van der Waals surface area contributed by atoms with Gasteiger partial charge >= 0.3 is 0 Å². The molecule has 0 radical (unpaired) electrons. The number of sulfonamides is 1. The molecule has 0 aliphatic heterocycles. The van der Waals surface area contributed by atoms with E-state index < -0.39 is 16.1 Å². The molecule has 2 rings (SSSR count). The van der Waals surface area contributed by atoms with Gasteiger partial charge in [-0.25, -0.2) is 8.42 Å². The van der Waals surface area contributed by atoms with E-state index in [9.17, 15) is 23.7 Å². The van der Waals surface area contributed by atoms with Crippen molar-refractivity contribution in [1.29, 1.82) is 0 Å². The molecule has 0 saturated carbocycles. The minimum absolute atomic E-state index is 0.0328. The molecule has 0 aromatic heterocycles. The van der Waals surface area contributed by atoms with Crippen molar-refractivity contribution in [2.24, 2.45) is 0 Å². The smallest absolute Gasteiger partial charge is 0.232 e. The standard InChI is InChI=1S/C21H30N2O5S/c1-2-3-11-29(27,28)23-19-13-17(9-10-20(19)25)21(26)14-22-18(15-24)12-16-7-5-4-6-8-16/h4-10,13,18,21-26H,2-3,11-12,14-15H2,1H3/t18-,21?/m0/s1. The minimum atomic E-state index is -3.57. The van der Waals surface area contributed by atoms with E-state index in [2.05, 4.69) is 10.0 Å². The molecule has 0 amide bonds. The molecular weight excluding hydrogens is 392 g/mol. The molecule has 0 aliphatic carbocycles. The highest BCUT2D eigenvalue weighted by Crippen LogP contribution is 2.28. The Morgan fingerprint density at radius 3 is 2.48 bits per heavy atom. The van der Waals surface area contributed by atoms with Crippen LogP contribution < -0.4 is 10.0 Å². The van der Waals surface area contributed by atoms with Gasteiger partial charge in [0.1, 0.15) is 5.75 Å². The highest BCUT2D eigenvalue weighted by molar-refractivity contribution is 7.92. The topological polar surface area (TPSA) is 119 Å². The predicted molar refractivity (Wildman–Crippen MR) is 114 cm³/mol. The number of aliphatic hydroxyl groups excluding tert-OH is 2. The van der Waals surface area contributed by atoms with Gasteiger partial charge in [-0.15, -0.1) is 0 Å². The Kier molecular flexibility index (Phi) is 8.91. The van der Waals surface area contributed by atoms with Crippen LogP contribution in [0.3, 0.4) is 0 Å². The third-order valence-corrected chi connectivity index (χ3v) is 5.94. The van der Waals surface area contributed by atoms with Crippen LogP contribution in [0.1, 0.15) is 37.0 Å². The number of unbranched alkanes of at least 4 members (excludes halogenated alkanes) is 1. The molecule has 29 heavy (non-hydrogen) atoms. The lowest BCUT2D eigenvalue weighted by Gasteiger charge is -2.20. The van der Waals surface area contributed by atoms with Crippen molar-refractivity contribution in [1.82, 2.24) is 5.32 Å². The van der Waals surface area contributed by atoms with Crippen LogP contribution in [0.25, 0.3) is 0 Å². The molecule has 2 aromatic rings. The molecule has 0 fully saturated rings. The number of aromatic hydroxyl groups is 1. The summed E-state index contributed by atoms with van der Waals surface area (Å²) in [5, 5.41) is 33.2. The van der Waals surface area contributed by atoms with Crippen molar-refractivity contribution in [3.05, 3.63) is 59.7 Å². The van der Waals surface area contributed by atoms with E-state index in [1.807, 2.05) is 37.3 Å². The Balaban J connectivity index is 2.00. The predicted octanol–water partition coefficient (Wildman–Crippen LogP) is 2.16. The first kappa shape index (κ1) is 23.2. The number of aliphatic hydroxyl groups is 2. The molecule has 0 bridgehead atoms. The van der Waals surface area contributed by atoms with E-state index in [0.717, 1.165) is 12.0 Å². The van der Waals surface area contributed by atoms with Crippen molar-refractivity contribution in [2.45, 2.75) is 38.3 Å². The van der Waals surface area contributed by atoms with Gasteiger partial charge in [-0.2, -0.15) is 0 Å². The van der Waals surface area contributed by atoms with Crippen LogP contribution in [0.5, 0.6) is 5.75 Å². The highest BCUT2D eigenvalue weighted by Gasteiger charge is 2.17. The summed E-state index contributed by atoms with van der Waals surface area (Å²) in [4.78, 5) is 0. The van der Waals surface area contributed by atoms with Crippen molar-refractivity contribution in [2.75, 3.05) is 23.6 Å². The van der Waals surface area contributed by atoms with E-state index in [-0.39, 0.29) is 36.4 Å². The zero-order chi connectivity index (χ0) is 21.3. The summed E-state index contributed by atoms with van der Waals surface area (Å²) in [5.41, 5.74) is 1.57. The summed E-state index contributed by atoms with van der Waals surface area (Å²) in [6.07, 6.45) is 0.945. The van der Waals surface area contributed by atoms with E-state index in [1.165, 1.54) is 18.2 Å². The van der Waals surface area contributed by atoms with Crippen molar-refractivity contribution in [3.63, 3.8) is 0 Å². The maximum absolute atomic E-state index is 12.1. The molecule has 8 heteroatoms. The number of hydrogen-bond donors (Lipinski definition) is 5. The van der Waals surface area contributed by atoms with Crippen LogP contribution in [-0.2, 0) is 16.4 Å². The Bertz CT molecular complexity index is 859. The minimum Gasteiger partial charge on any atom is -0.506 e. The monoisotopic (exact) mass is 422 g/mol. The number of rotatable bonds is 12.